The molecule has 14 nitrogen and oxygen atoms in total. The highest BCUT2D eigenvalue weighted by molar-refractivity contribution is 9.11. The van der Waals surface area contributed by atoms with Gasteiger partial charge in [-0.2, -0.15) is 8.42 Å². The molecule has 4 atom stereocenters. The molecular formula is C52H38Br4N4O10S. The Morgan fingerprint density at radius 3 is 1.10 bits per heavy atom. The highest BCUT2D eigenvalue weighted by Gasteiger charge is 2.37. The molecule has 71 heavy (non-hydrogen) atoms. The van der Waals surface area contributed by atoms with Crippen molar-refractivity contribution in [1.82, 2.24) is 0 Å². The molecule has 0 spiro atoms. The molecule has 8 aromatic carbocycles. The second kappa shape index (κ2) is 21.7. The van der Waals surface area contributed by atoms with Gasteiger partial charge < -0.3 is 31.5 Å². The van der Waals surface area contributed by atoms with Gasteiger partial charge in [0.05, 0.1) is 23.2 Å². The van der Waals surface area contributed by atoms with Gasteiger partial charge in [0, 0.05) is 50.8 Å². The lowest BCUT2D eigenvalue weighted by Gasteiger charge is -2.16. The van der Waals surface area contributed by atoms with Crippen molar-refractivity contribution in [3.05, 3.63) is 209 Å². The van der Waals surface area contributed by atoms with Gasteiger partial charge in [-0.15, -0.1) is 0 Å². The van der Waals surface area contributed by atoms with E-state index in [0.717, 1.165) is 62.3 Å². The first-order valence-electron chi connectivity index (χ1n) is 21.3. The molecule has 8 N–H and O–H groups in total. The van der Waals surface area contributed by atoms with E-state index in [9.17, 15) is 29.4 Å². The summed E-state index contributed by atoms with van der Waals surface area (Å²) < 4.78 is 35.2. The van der Waals surface area contributed by atoms with E-state index in [0.29, 0.717) is 33.3 Å². The van der Waals surface area contributed by atoms with E-state index in [1.165, 1.54) is 0 Å². The standard InChI is InChI=1S/C26H20Br2N2O4.C26H16Br2N2O2.H2O4S/c27-17-11-7-15(8-12-17)23(31)25(33)29-21-5-1-3-19-20(21)4-2-6-22(19)30-26(34)24(32)16-9-13-18(28)14-10-16;27-15-5-1-13(2-6-15)21-19-11-9-18-17(23(19)29-25(21)31)10-12-20-22(26(32)30-24(18)20)14-3-7-16(28)8-4-14;1-5(2,3)4/h1-14,23-24,31-32H,(H,29,33)(H,30,34);1-12,21-22H,(H,29,31)(H,30,32);(H2,1,2,3,4). The quantitative estimate of drug-likeness (QED) is 0.0671. The van der Waals surface area contributed by atoms with Gasteiger partial charge >= 0.3 is 10.4 Å². The lowest BCUT2D eigenvalue weighted by Crippen LogP contribution is -2.21. The molecule has 4 unspecified atom stereocenters. The average molecular weight is 1230 g/mol. The largest absolute Gasteiger partial charge is 0.394 e. The molecule has 0 radical (unpaired) electrons. The smallest absolute Gasteiger partial charge is 0.378 e. The summed E-state index contributed by atoms with van der Waals surface area (Å²) in [6.07, 6.45) is -2.68. The summed E-state index contributed by atoms with van der Waals surface area (Å²) in [4.78, 5) is 51.2. The normalized spacial score (nSPS) is 15.4. The van der Waals surface area contributed by atoms with Gasteiger partial charge in [-0.25, -0.2) is 0 Å². The Kier molecular flexibility index (Phi) is 15.7. The van der Waals surface area contributed by atoms with Crippen LogP contribution in [-0.4, -0.2) is 51.4 Å². The molecule has 10 rings (SSSR count). The molecule has 8 aromatic rings. The predicted octanol–water partition coefficient (Wildman–Crippen LogP) is 11.6. The van der Waals surface area contributed by atoms with Crippen molar-refractivity contribution in [3.63, 3.8) is 0 Å². The number of anilines is 4. The number of amides is 4. The highest BCUT2D eigenvalue weighted by Crippen LogP contribution is 2.47. The summed E-state index contributed by atoms with van der Waals surface area (Å²) in [6.45, 7) is 0. The summed E-state index contributed by atoms with van der Waals surface area (Å²) in [6, 6.07) is 47.9. The number of halogens is 4. The molecule has 0 bridgehead atoms. The zero-order valence-electron chi connectivity index (χ0n) is 36.5. The maximum Gasteiger partial charge on any atom is 0.394 e. The van der Waals surface area contributed by atoms with Crippen LogP contribution in [0.1, 0.15) is 57.4 Å². The third kappa shape index (κ3) is 11.8. The minimum absolute atomic E-state index is 0.0351. The van der Waals surface area contributed by atoms with Crippen LogP contribution in [0.25, 0.3) is 21.5 Å². The van der Waals surface area contributed by atoms with Crippen LogP contribution in [0.15, 0.2) is 176 Å². The first kappa shape index (κ1) is 51.2. The Morgan fingerprint density at radius 2 is 0.775 bits per heavy atom. The van der Waals surface area contributed by atoms with Gasteiger partial charge in [-0.1, -0.05) is 161 Å². The van der Waals surface area contributed by atoms with Crippen molar-refractivity contribution in [1.29, 1.82) is 0 Å². The van der Waals surface area contributed by atoms with Gasteiger partial charge in [0.2, 0.25) is 11.8 Å². The number of benzene rings is 8. The number of aliphatic hydroxyl groups is 2. The average Bonchev–Trinajstić information content (AvgIpc) is 3.87. The van der Waals surface area contributed by atoms with Crippen LogP contribution in [0.5, 0.6) is 0 Å². The molecule has 0 saturated heterocycles. The Hall–Kier alpha value is -6.13. The van der Waals surface area contributed by atoms with Crippen molar-refractivity contribution in [2.24, 2.45) is 0 Å². The fourth-order valence-corrected chi connectivity index (χ4v) is 9.43. The molecule has 360 valence electrons. The Bertz CT molecular complexity index is 3250. The zero-order valence-corrected chi connectivity index (χ0v) is 43.6. The summed E-state index contributed by atoms with van der Waals surface area (Å²) in [5.41, 5.74) is 7.38. The van der Waals surface area contributed by atoms with Crippen LogP contribution in [0.4, 0.5) is 22.7 Å². The zero-order chi connectivity index (χ0) is 50.7. The summed E-state index contributed by atoms with van der Waals surface area (Å²) in [5, 5.41) is 35.8. The van der Waals surface area contributed by atoms with Crippen molar-refractivity contribution in [2.75, 3.05) is 21.3 Å². The highest BCUT2D eigenvalue weighted by atomic mass is 79.9. The number of fused-ring (bicyclic) bond motifs is 6. The van der Waals surface area contributed by atoms with Crippen molar-refractivity contribution < 1.29 is 46.9 Å². The maximum atomic E-state index is 12.9. The lowest BCUT2D eigenvalue weighted by molar-refractivity contribution is -0.124. The molecule has 0 saturated carbocycles. The van der Waals surface area contributed by atoms with E-state index in [1.54, 1.807) is 84.9 Å². The number of aliphatic hydroxyl groups excluding tert-OH is 2. The minimum atomic E-state index is -4.67. The van der Waals surface area contributed by atoms with Crippen LogP contribution in [0.3, 0.4) is 0 Å². The van der Waals surface area contributed by atoms with E-state index in [1.807, 2.05) is 72.8 Å². The molecule has 0 aliphatic carbocycles. The van der Waals surface area contributed by atoms with Crippen molar-refractivity contribution in [3.8, 4) is 0 Å². The van der Waals surface area contributed by atoms with E-state index in [-0.39, 0.29) is 23.7 Å². The van der Waals surface area contributed by atoms with Gasteiger partial charge in [-0.05, 0) is 94.0 Å². The first-order chi connectivity index (χ1) is 33.8. The molecule has 2 heterocycles. The van der Waals surface area contributed by atoms with Crippen molar-refractivity contribution in [2.45, 2.75) is 24.0 Å². The van der Waals surface area contributed by atoms with Gasteiger partial charge in [-0.3, -0.25) is 28.3 Å². The van der Waals surface area contributed by atoms with Crippen LogP contribution in [0, 0.1) is 0 Å². The van der Waals surface area contributed by atoms with Gasteiger partial charge in [0.1, 0.15) is 0 Å². The van der Waals surface area contributed by atoms with E-state index < -0.39 is 34.4 Å². The molecule has 0 aromatic heterocycles. The predicted molar refractivity (Wildman–Crippen MR) is 287 cm³/mol. The molecular weight excluding hydrogens is 1190 g/mol. The van der Waals surface area contributed by atoms with E-state index in [2.05, 4.69) is 85.0 Å². The third-order valence-corrected chi connectivity index (χ3v) is 13.7. The van der Waals surface area contributed by atoms with Crippen LogP contribution in [0.2, 0.25) is 0 Å². The topological polar surface area (TPSA) is 231 Å². The molecule has 4 amide bonds. The van der Waals surface area contributed by atoms with E-state index in [4.69, 9.17) is 17.5 Å². The summed E-state index contributed by atoms with van der Waals surface area (Å²) in [5.74, 6) is -1.91. The fraction of sp³-hybridized carbons (Fsp3) is 0.0769. The molecule has 2 aliphatic rings. The number of nitrogens with one attached hydrogen (secondary N) is 4. The minimum Gasteiger partial charge on any atom is -0.378 e. The second-order valence-electron chi connectivity index (χ2n) is 16.1. The number of rotatable bonds is 8. The summed E-state index contributed by atoms with van der Waals surface area (Å²) >= 11 is 13.6. The Balaban J connectivity index is 0.000000174. The van der Waals surface area contributed by atoms with Gasteiger partial charge in [0.15, 0.2) is 12.2 Å². The third-order valence-electron chi connectivity index (χ3n) is 11.6. The molecule has 0 fully saturated rings. The SMILES string of the molecule is O=C(Nc1cccc2c(NC(=O)C(O)c3ccc(Br)cc3)cccc12)C(O)c1ccc(Br)cc1.O=C1Nc2c(ccc3c4c(ccc23)C(c2ccc(Br)cc2)C(=O)N4)C1c1ccc(Br)cc1.O=S(=O)(O)O. The maximum absolute atomic E-state index is 12.9. The van der Waals surface area contributed by atoms with Crippen LogP contribution >= 0.6 is 63.7 Å². The number of carbonyl (C=O) groups is 4. The van der Waals surface area contributed by atoms with Crippen LogP contribution in [-0.2, 0) is 29.6 Å². The Labute approximate surface area is 440 Å². The summed E-state index contributed by atoms with van der Waals surface area (Å²) in [7, 11) is -4.67. The van der Waals surface area contributed by atoms with Gasteiger partial charge in [0.25, 0.3) is 11.8 Å². The van der Waals surface area contributed by atoms with Crippen LogP contribution < -0.4 is 21.3 Å². The lowest BCUT2D eigenvalue weighted by atomic mass is 9.88. The number of hydrogen-bond acceptors (Lipinski definition) is 8. The monoisotopic (exact) mass is 1230 g/mol. The van der Waals surface area contributed by atoms with E-state index >= 15 is 0 Å². The number of carbonyl (C=O) groups excluding carboxylic acids is 4. The Morgan fingerprint density at radius 1 is 0.465 bits per heavy atom. The molecule has 19 heteroatoms. The first-order valence-corrected chi connectivity index (χ1v) is 25.8. The fourth-order valence-electron chi connectivity index (χ4n) is 8.37. The second-order valence-corrected chi connectivity index (χ2v) is 20.7. The number of hydrogen-bond donors (Lipinski definition) is 8. The van der Waals surface area contributed by atoms with Crippen molar-refractivity contribution >= 4 is 142 Å². The molecule has 2 aliphatic heterocycles.